The second kappa shape index (κ2) is 11.0. The van der Waals surface area contributed by atoms with Gasteiger partial charge in [-0.3, -0.25) is 9.78 Å². The first-order valence-electron chi connectivity index (χ1n) is 12.3. The van der Waals surface area contributed by atoms with Crippen molar-refractivity contribution in [3.8, 4) is 5.69 Å². The lowest BCUT2D eigenvalue weighted by molar-refractivity contribution is -0.116. The van der Waals surface area contributed by atoms with E-state index in [-0.39, 0.29) is 30.2 Å². The fourth-order valence-electron chi connectivity index (χ4n) is 5.06. The van der Waals surface area contributed by atoms with Gasteiger partial charge in [-0.1, -0.05) is 28.1 Å². The number of hydrogen-bond acceptors (Lipinski definition) is 3. The molecule has 0 spiro atoms. The number of aryl methyl sites for hydroxylation is 1. The van der Waals surface area contributed by atoms with Crippen molar-refractivity contribution < 1.29 is 9.18 Å². The molecule has 4 aromatic rings. The smallest absolute Gasteiger partial charge is 0.226 e. The Morgan fingerprint density at radius 2 is 1.89 bits per heavy atom. The van der Waals surface area contributed by atoms with E-state index in [9.17, 15) is 9.18 Å². The number of thiocarbonyl (C=S) groups is 1. The van der Waals surface area contributed by atoms with E-state index in [2.05, 4.69) is 73.1 Å². The van der Waals surface area contributed by atoms with E-state index in [1.807, 2.05) is 30.3 Å². The Bertz CT molecular complexity index is 1470. The van der Waals surface area contributed by atoms with Gasteiger partial charge in [0.1, 0.15) is 5.82 Å². The Morgan fingerprint density at radius 3 is 2.61 bits per heavy atom. The summed E-state index contributed by atoms with van der Waals surface area (Å²) in [6, 6.07) is 21.6. The first kappa shape index (κ1) is 26.1. The minimum absolute atomic E-state index is 0.164. The van der Waals surface area contributed by atoms with Gasteiger partial charge in [0, 0.05) is 46.4 Å². The SMILES string of the molecule is Cc1cc(C2C(c3ccccn3)NC(=S)N2CCC(=O)Nc2ccc(F)cc2)c(C)n1-c1cccc(Br)c1. The summed E-state index contributed by atoms with van der Waals surface area (Å²) in [5.41, 5.74) is 5.81. The van der Waals surface area contributed by atoms with Crippen molar-refractivity contribution in [2.75, 3.05) is 11.9 Å². The van der Waals surface area contributed by atoms with Gasteiger partial charge in [0.2, 0.25) is 5.91 Å². The van der Waals surface area contributed by atoms with Crippen molar-refractivity contribution in [1.29, 1.82) is 0 Å². The highest BCUT2D eigenvalue weighted by Gasteiger charge is 2.41. The lowest BCUT2D eigenvalue weighted by Crippen LogP contribution is -2.32. The molecule has 3 heterocycles. The Kier molecular flexibility index (Phi) is 7.58. The Morgan fingerprint density at radius 1 is 1.11 bits per heavy atom. The Balaban J connectivity index is 1.46. The summed E-state index contributed by atoms with van der Waals surface area (Å²) < 4.78 is 16.5. The molecule has 38 heavy (non-hydrogen) atoms. The maximum absolute atomic E-state index is 13.2. The summed E-state index contributed by atoms with van der Waals surface area (Å²) >= 11 is 9.37. The second-order valence-corrected chi connectivity index (χ2v) is 10.6. The van der Waals surface area contributed by atoms with Crippen molar-refractivity contribution >= 4 is 44.9 Å². The standard InChI is InChI=1S/C29H27BrFN5OS/c1-18-16-24(19(2)36(18)23-7-5-6-20(30)17-23)28-27(25-8-3-4-14-32-25)34-29(38)35(28)15-13-26(37)33-22-11-9-21(31)10-12-22/h3-12,14,16-17,27-28H,13,15H2,1-2H3,(H,33,37)(H,34,38). The number of aromatic nitrogens is 2. The Labute approximate surface area is 235 Å². The van der Waals surface area contributed by atoms with Gasteiger partial charge in [-0.2, -0.15) is 0 Å². The van der Waals surface area contributed by atoms with Crippen LogP contribution in [0, 0.1) is 19.7 Å². The average molecular weight is 593 g/mol. The van der Waals surface area contributed by atoms with Crippen molar-refractivity contribution in [2.24, 2.45) is 0 Å². The van der Waals surface area contributed by atoms with Crippen molar-refractivity contribution in [1.82, 2.24) is 19.8 Å². The van der Waals surface area contributed by atoms with Crippen LogP contribution in [0.15, 0.2) is 83.5 Å². The number of benzene rings is 2. The molecule has 2 atom stereocenters. The van der Waals surface area contributed by atoms with E-state index in [1.165, 1.54) is 12.1 Å². The van der Waals surface area contributed by atoms with Crippen LogP contribution in [0.2, 0.25) is 0 Å². The Hall–Kier alpha value is -3.56. The van der Waals surface area contributed by atoms with Gasteiger partial charge in [0.05, 0.1) is 17.8 Å². The summed E-state index contributed by atoms with van der Waals surface area (Å²) in [6.45, 7) is 4.61. The van der Waals surface area contributed by atoms with Gasteiger partial charge in [-0.25, -0.2) is 4.39 Å². The summed E-state index contributed by atoms with van der Waals surface area (Å²) in [4.78, 5) is 19.5. The number of anilines is 1. The van der Waals surface area contributed by atoms with Gasteiger partial charge in [0.15, 0.2) is 5.11 Å². The number of nitrogens with one attached hydrogen (secondary N) is 2. The molecule has 1 amide bonds. The predicted molar refractivity (Wildman–Crippen MR) is 155 cm³/mol. The minimum atomic E-state index is -0.347. The van der Waals surface area contributed by atoms with Crippen LogP contribution >= 0.6 is 28.1 Å². The highest BCUT2D eigenvalue weighted by molar-refractivity contribution is 9.10. The number of halogens is 2. The maximum Gasteiger partial charge on any atom is 0.226 e. The molecule has 1 fully saturated rings. The van der Waals surface area contributed by atoms with Crippen LogP contribution in [-0.4, -0.2) is 32.0 Å². The summed E-state index contributed by atoms with van der Waals surface area (Å²) in [5, 5.41) is 6.87. The third-order valence-electron chi connectivity index (χ3n) is 6.76. The number of nitrogens with zero attached hydrogens (tertiary/aromatic N) is 3. The quantitative estimate of drug-likeness (QED) is 0.244. The molecule has 2 aromatic heterocycles. The number of carbonyl (C=O) groups excluding carboxylic acids is 1. The summed E-state index contributed by atoms with van der Waals surface area (Å²) in [7, 11) is 0. The molecule has 0 bridgehead atoms. The molecular formula is C29H27BrFN5OS. The number of rotatable bonds is 7. The van der Waals surface area contributed by atoms with Crippen LogP contribution in [-0.2, 0) is 4.79 Å². The lowest BCUT2D eigenvalue weighted by atomic mass is 9.96. The van der Waals surface area contributed by atoms with Gasteiger partial charge >= 0.3 is 0 Å². The predicted octanol–water partition coefficient (Wildman–Crippen LogP) is 6.39. The van der Waals surface area contributed by atoms with E-state index in [0.717, 1.165) is 32.8 Å². The molecule has 1 saturated heterocycles. The zero-order valence-electron chi connectivity index (χ0n) is 21.0. The van der Waals surface area contributed by atoms with E-state index in [1.54, 1.807) is 18.3 Å². The van der Waals surface area contributed by atoms with Crippen LogP contribution < -0.4 is 10.6 Å². The fraction of sp³-hybridized carbons (Fsp3) is 0.207. The van der Waals surface area contributed by atoms with Crippen LogP contribution in [0.3, 0.4) is 0 Å². The number of hydrogen-bond donors (Lipinski definition) is 2. The van der Waals surface area contributed by atoms with Crippen LogP contribution in [0.1, 0.15) is 41.1 Å². The molecule has 1 aliphatic heterocycles. The van der Waals surface area contributed by atoms with Crippen LogP contribution in [0.25, 0.3) is 5.69 Å². The van der Waals surface area contributed by atoms with Gasteiger partial charge in [-0.05, 0) is 92.3 Å². The van der Waals surface area contributed by atoms with Crippen molar-refractivity contribution in [3.63, 3.8) is 0 Å². The van der Waals surface area contributed by atoms with E-state index >= 15 is 0 Å². The molecule has 1 aliphatic rings. The number of pyridine rings is 1. The summed E-state index contributed by atoms with van der Waals surface area (Å²) in [6.07, 6.45) is 2.00. The van der Waals surface area contributed by atoms with E-state index in [4.69, 9.17) is 12.2 Å². The number of amides is 1. The topological polar surface area (TPSA) is 62.2 Å². The first-order valence-corrected chi connectivity index (χ1v) is 13.5. The van der Waals surface area contributed by atoms with Crippen LogP contribution in [0.5, 0.6) is 0 Å². The molecule has 2 N–H and O–H groups in total. The highest BCUT2D eigenvalue weighted by atomic mass is 79.9. The zero-order chi connectivity index (χ0) is 26.8. The fourth-order valence-corrected chi connectivity index (χ4v) is 5.78. The van der Waals surface area contributed by atoms with E-state index < -0.39 is 0 Å². The van der Waals surface area contributed by atoms with Crippen LogP contribution in [0.4, 0.5) is 10.1 Å². The third-order valence-corrected chi connectivity index (χ3v) is 7.61. The van der Waals surface area contributed by atoms with E-state index in [0.29, 0.717) is 17.3 Å². The number of carbonyl (C=O) groups is 1. The molecule has 2 aromatic carbocycles. The normalized spacial score (nSPS) is 16.9. The zero-order valence-corrected chi connectivity index (χ0v) is 23.4. The van der Waals surface area contributed by atoms with Gasteiger partial charge in [0.25, 0.3) is 0 Å². The van der Waals surface area contributed by atoms with Crippen molar-refractivity contribution in [3.05, 3.63) is 112 Å². The largest absolute Gasteiger partial charge is 0.352 e. The average Bonchev–Trinajstić information content (AvgIpc) is 3.39. The molecule has 0 saturated carbocycles. The highest BCUT2D eigenvalue weighted by Crippen LogP contribution is 2.41. The lowest BCUT2D eigenvalue weighted by Gasteiger charge is -2.28. The monoisotopic (exact) mass is 591 g/mol. The molecule has 194 valence electrons. The minimum Gasteiger partial charge on any atom is -0.352 e. The second-order valence-electron chi connectivity index (χ2n) is 9.27. The molecule has 6 nitrogen and oxygen atoms in total. The maximum atomic E-state index is 13.2. The molecular weight excluding hydrogens is 565 g/mol. The summed E-state index contributed by atoms with van der Waals surface area (Å²) in [5.74, 6) is -0.514. The van der Waals surface area contributed by atoms with Gasteiger partial charge in [-0.15, -0.1) is 0 Å². The van der Waals surface area contributed by atoms with Gasteiger partial charge < -0.3 is 20.1 Å². The molecule has 5 rings (SSSR count). The molecule has 0 aliphatic carbocycles. The third kappa shape index (κ3) is 5.35. The van der Waals surface area contributed by atoms with Crippen molar-refractivity contribution in [2.45, 2.75) is 32.4 Å². The first-order chi connectivity index (χ1) is 18.3. The molecule has 9 heteroatoms. The molecule has 0 radical (unpaired) electrons. The molecule has 2 unspecified atom stereocenters.